The molecule has 0 aromatic rings. The van der Waals surface area contributed by atoms with E-state index in [0.717, 1.165) is 19.4 Å². The fraction of sp³-hybridized carbons (Fsp3) is 0.929. The average molecular weight is 238 g/mol. The number of hydrogen-bond donors (Lipinski definition) is 2. The van der Waals surface area contributed by atoms with Crippen molar-refractivity contribution in [3.8, 4) is 0 Å². The van der Waals surface area contributed by atoms with E-state index in [4.69, 9.17) is 0 Å². The summed E-state index contributed by atoms with van der Waals surface area (Å²) in [4.78, 5) is 12.2. The summed E-state index contributed by atoms with van der Waals surface area (Å²) in [7, 11) is 0. The summed E-state index contributed by atoms with van der Waals surface area (Å²) >= 11 is 0. The molecule has 2 aliphatic rings. The molecule has 1 saturated heterocycles. The third-order valence-electron chi connectivity index (χ3n) is 4.50. The molecule has 1 aliphatic heterocycles. The standard InChI is InChI=1S/C14H26N2O/c1-10-8-9-15-11(2)13(10)16-14(17)12-6-4-3-5-7-12/h10-13,15H,3-9H2,1-2H3,(H,16,17). The number of carbonyl (C=O) groups is 1. The van der Waals surface area contributed by atoms with Crippen molar-refractivity contribution in [3.63, 3.8) is 0 Å². The van der Waals surface area contributed by atoms with Gasteiger partial charge in [0.1, 0.15) is 0 Å². The Morgan fingerprint density at radius 1 is 1.12 bits per heavy atom. The number of piperidine rings is 1. The zero-order valence-electron chi connectivity index (χ0n) is 11.2. The Labute approximate surface area is 105 Å². The van der Waals surface area contributed by atoms with Crippen LogP contribution in [0.4, 0.5) is 0 Å². The van der Waals surface area contributed by atoms with Crippen molar-refractivity contribution in [2.45, 2.75) is 64.5 Å². The third-order valence-corrected chi connectivity index (χ3v) is 4.50. The normalized spacial score (nSPS) is 35.5. The van der Waals surface area contributed by atoms with Crippen LogP contribution in [-0.4, -0.2) is 24.5 Å². The predicted molar refractivity (Wildman–Crippen MR) is 69.8 cm³/mol. The maximum Gasteiger partial charge on any atom is 0.223 e. The molecule has 3 unspecified atom stereocenters. The lowest BCUT2D eigenvalue weighted by atomic mass is 9.86. The van der Waals surface area contributed by atoms with E-state index < -0.39 is 0 Å². The van der Waals surface area contributed by atoms with Gasteiger partial charge in [-0.25, -0.2) is 0 Å². The van der Waals surface area contributed by atoms with E-state index in [-0.39, 0.29) is 5.92 Å². The molecule has 1 heterocycles. The lowest BCUT2D eigenvalue weighted by Crippen LogP contribution is -2.56. The first-order valence-electron chi connectivity index (χ1n) is 7.22. The van der Waals surface area contributed by atoms with Gasteiger partial charge in [0.15, 0.2) is 0 Å². The van der Waals surface area contributed by atoms with Crippen molar-refractivity contribution in [1.29, 1.82) is 0 Å². The van der Waals surface area contributed by atoms with Gasteiger partial charge >= 0.3 is 0 Å². The highest BCUT2D eigenvalue weighted by Gasteiger charge is 2.31. The summed E-state index contributed by atoms with van der Waals surface area (Å²) in [5.74, 6) is 1.18. The van der Waals surface area contributed by atoms with Crippen LogP contribution < -0.4 is 10.6 Å². The van der Waals surface area contributed by atoms with Crippen molar-refractivity contribution in [2.75, 3.05) is 6.54 Å². The lowest BCUT2D eigenvalue weighted by molar-refractivity contribution is -0.127. The minimum atomic E-state index is 0.282. The molecule has 1 saturated carbocycles. The van der Waals surface area contributed by atoms with Gasteiger partial charge in [-0.05, 0) is 38.6 Å². The first kappa shape index (κ1) is 12.9. The van der Waals surface area contributed by atoms with E-state index in [1.54, 1.807) is 0 Å². The number of nitrogens with one attached hydrogen (secondary N) is 2. The van der Waals surface area contributed by atoms with E-state index in [1.165, 1.54) is 25.7 Å². The lowest BCUT2D eigenvalue weighted by Gasteiger charge is -2.37. The molecule has 2 rings (SSSR count). The fourth-order valence-corrected chi connectivity index (χ4v) is 3.25. The second-order valence-electron chi connectivity index (χ2n) is 5.88. The van der Waals surface area contributed by atoms with Gasteiger partial charge in [-0.2, -0.15) is 0 Å². The van der Waals surface area contributed by atoms with Crippen LogP contribution in [0, 0.1) is 11.8 Å². The molecule has 0 aromatic heterocycles. The van der Waals surface area contributed by atoms with Crippen LogP contribution in [0.1, 0.15) is 52.4 Å². The number of carbonyl (C=O) groups excluding carboxylic acids is 1. The molecule has 2 fully saturated rings. The molecule has 0 spiro atoms. The number of rotatable bonds is 2. The maximum absolute atomic E-state index is 12.2. The molecule has 0 radical (unpaired) electrons. The van der Waals surface area contributed by atoms with Crippen molar-refractivity contribution >= 4 is 5.91 Å². The van der Waals surface area contributed by atoms with Crippen molar-refractivity contribution in [2.24, 2.45) is 11.8 Å². The van der Waals surface area contributed by atoms with Crippen LogP contribution in [0.2, 0.25) is 0 Å². The fourth-order valence-electron chi connectivity index (χ4n) is 3.25. The number of hydrogen-bond acceptors (Lipinski definition) is 2. The van der Waals surface area contributed by atoms with Crippen LogP contribution >= 0.6 is 0 Å². The largest absolute Gasteiger partial charge is 0.351 e. The van der Waals surface area contributed by atoms with E-state index in [0.29, 0.717) is 23.9 Å². The molecular weight excluding hydrogens is 212 g/mol. The molecular formula is C14H26N2O. The maximum atomic E-state index is 12.2. The van der Waals surface area contributed by atoms with E-state index >= 15 is 0 Å². The van der Waals surface area contributed by atoms with Gasteiger partial charge in [0.2, 0.25) is 5.91 Å². The minimum Gasteiger partial charge on any atom is -0.351 e. The van der Waals surface area contributed by atoms with Crippen LogP contribution in [0.5, 0.6) is 0 Å². The van der Waals surface area contributed by atoms with Gasteiger partial charge in [0, 0.05) is 18.0 Å². The molecule has 1 aliphatic carbocycles. The van der Waals surface area contributed by atoms with E-state index in [9.17, 15) is 4.79 Å². The quantitative estimate of drug-likeness (QED) is 0.773. The van der Waals surface area contributed by atoms with Gasteiger partial charge in [-0.1, -0.05) is 26.2 Å². The Bertz CT molecular complexity index is 251. The van der Waals surface area contributed by atoms with Crippen LogP contribution in [0.3, 0.4) is 0 Å². The third kappa shape index (κ3) is 3.21. The second-order valence-corrected chi connectivity index (χ2v) is 5.88. The topological polar surface area (TPSA) is 41.1 Å². The second kappa shape index (κ2) is 5.85. The average Bonchev–Trinajstić information content (AvgIpc) is 2.35. The molecule has 1 amide bonds. The van der Waals surface area contributed by atoms with Crippen molar-refractivity contribution < 1.29 is 4.79 Å². The monoisotopic (exact) mass is 238 g/mol. The highest BCUT2D eigenvalue weighted by atomic mass is 16.2. The highest BCUT2D eigenvalue weighted by molar-refractivity contribution is 5.79. The summed E-state index contributed by atoms with van der Waals surface area (Å²) in [6.45, 7) is 5.52. The van der Waals surface area contributed by atoms with Crippen LogP contribution in [0.15, 0.2) is 0 Å². The first-order valence-corrected chi connectivity index (χ1v) is 7.22. The van der Waals surface area contributed by atoms with Crippen LogP contribution in [0.25, 0.3) is 0 Å². The van der Waals surface area contributed by atoms with Crippen LogP contribution in [-0.2, 0) is 4.79 Å². The zero-order valence-corrected chi connectivity index (χ0v) is 11.2. The Kier molecular flexibility index (Phi) is 4.43. The molecule has 3 atom stereocenters. The molecule has 98 valence electrons. The molecule has 3 heteroatoms. The Morgan fingerprint density at radius 3 is 2.47 bits per heavy atom. The Balaban J connectivity index is 1.87. The smallest absolute Gasteiger partial charge is 0.223 e. The Hall–Kier alpha value is -0.570. The molecule has 17 heavy (non-hydrogen) atoms. The van der Waals surface area contributed by atoms with E-state index in [1.807, 2.05) is 0 Å². The van der Waals surface area contributed by atoms with Gasteiger partial charge in [-0.15, -0.1) is 0 Å². The molecule has 2 N–H and O–H groups in total. The molecule has 0 bridgehead atoms. The zero-order chi connectivity index (χ0) is 12.3. The van der Waals surface area contributed by atoms with Gasteiger partial charge in [-0.3, -0.25) is 4.79 Å². The van der Waals surface area contributed by atoms with Gasteiger partial charge in [0.25, 0.3) is 0 Å². The van der Waals surface area contributed by atoms with Crippen molar-refractivity contribution in [1.82, 2.24) is 10.6 Å². The predicted octanol–water partition coefficient (Wildman–Crippen LogP) is 2.07. The van der Waals surface area contributed by atoms with E-state index in [2.05, 4.69) is 24.5 Å². The minimum absolute atomic E-state index is 0.282. The first-order chi connectivity index (χ1) is 8.18. The summed E-state index contributed by atoms with van der Waals surface area (Å²) in [6, 6.07) is 0.726. The van der Waals surface area contributed by atoms with Gasteiger partial charge < -0.3 is 10.6 Å². The summed E-state index contributed by atoms with van der Waals surface area (Å²) in [5, 5.41) is 6.74. The summed E-state index contributed by atoms with van der Waals surface area (Å²) in [6.07, 6.45) is 7.11. The summed E-state index contributed by atoms with van der Waals surface area (Å²) < 4.78 is 0. The highest BCUT2D eigenvalue weighted by Crippen LogP contribution is 2.25. The number of amides is 1. The summed E-state index contributed by atoms with van der Waals surface area (Å²) in [5.41, 5.74) is 0. The SMILES string of the molecule is CC1CCNC(C)C1NC(=O)C1CCCCC1. The Morgan fingerprint density at radius 2 is 1.82 bits per heavy atom. The molecule has 3 nitrogen and oxygen atoms in total. The van der Waals surface area contributed by atoms with Crippen molar-refractivity contribution in [3.05, 3.63) is 0 Å². The molecule has 0 aromatic carbocycles. The van der Waals surface area contributed by atoms with Gasteiger partial charge in [0.05, 0.1) is 0 Å².